The number of aliphatic hydroxyl groups excluding tert-OH is 1. The maximum Gasteiger partial charge on any atom is 0.315 e. The van der Waals surface area contributed by atoms with Gasteiger partial charge in [0.25, 0.3) is 0 Å². The van der Waals surface area contributed by atoms with Crippen LogP contribution in [0.3, 0.4) is 0 Å². The summed E-state index contributed by atoms with van der Waals surface area (Å²) in [7, 11) is 0. The van der Waals surface area contributed by atoms with Crippen molar-refractivity contribution in [2.75, 3.05) is 6.54 Å². The van der Waals surface area contributed by atoms with Gasteiger partial charge in [-0.3, -0.25) is 0 Å². The first-order chi connectivity index (χ1) is 11.1. The molecule has 23 heavy (non-hydrogen) atoms. The Balaban J connectivity index is 1.54. The summed E-state index contributed by atoms with van der Waals surface area (Å²) in [5.41, 5.74) is 2.61. The SMILES string of the molecule is CC(NC(=O)NCC(O)c1ccsc1)c1nc2ccccc2[nH]1. The fraction of sp³-hybridized carbons (Fsp3) is 0.250. The summed E-state index contributed by atoms with van der Waals surface area (Å²) in [6.07, 6.45) is -0.700. The number of fused-ring (bicyclic) bond motifs is 1. The number of carbonyl (C=O) groups excluding carboxylic acids is 1. The molecule has 2 aromatic heterocycles. The molecule has 2 unspecified atom stereocenters. The first-order valence-electron chi connectivity index (χ1n) is 7.32. The third-order valence-corrected chi connectivity index (χ3v) is 4.25. The molecular weight excluding hydrogens is 312 g/mol. The van der Waals surface area contributed by atoms with Crippen LogP contribution in [0.5, 0.6) is 0 Å². The third kappa shape index (κ3) is 3.69. The largest absolute Gasteiger partial charge is 0.387 e. The molecule has 2 amide bonds. The van der Waals surface area contributed by atoms with E-state index in [1.54, 1.807) is 0 Å². The van der Waals surface area contributed by atoms with Crippen LogP contribution in [0.4, 0.5) is 4.79 Å². The average molecular weight is 330 g/mol. The van der Waals surface area contributed by atoms with Crippen molar-refractivity contribution < 1.29 is 9.90 Å². The fourth-order valence-corrected chi connectivity index (χ4v) is 2.97. The van der Waals surface area contributed by atoms with Crippen molar-refractivity contribution in [1.29, 1.82) is 0 Å². The Morgan fingerprint density at radius 2 is 2.22 bits per heavy atom. The zero-order chi connectivity index (χ0) is 16.2. The number of aliphatic hydroxyl groups is 1. The van der Waals surface area contributed by atoms with E-state index in [0.29, 0.717) is 5.82 Å². The summed E-state index contributed by atoms with van der Waals surface area (Å²) in [4.78, 5) is 19.6. The van der Waals surface area contributed by atoms with Crippen LogP contribution in [0.1, 0.15) is 30.5 Å². The molecule has 0 bridgehead atoms. The summed E-state index contributed by atoms with van der Waals surface area (Å²) >= 11 is 1.51. The first kappa shape index (κ1) is 15.5. The highest BCUT2D eigenvalue weighted by Crippen LogP contribution is 2.16. The number of amides is 2. The van der Waals surface area contributed by atoms with Gasteiger partial charge in [-0.2, -0.15) is 11.3 Å². The van der Waals surface area contributed by atoms with Crippen LogP contribution in [0.2, 0.25) is 0 Å². The van der Waals surface area contributed by atoms with Gasteiger partial charge in [0.1, 0.15) is 5.82 Å². The zero-order valence-corrected chi connectivity index (χ0v) is 13.4. The predicted octanol–water partition coefficient (Wildman–Crippen LogP) is 2.72. The van der Waals surface area contributed by atoms with Crippen molar-refractivity contribution >= 4 is 28.4 Å². The van der Waals surface area contributed by atoms with E-state index in [9.17, 15) is 9.90 Å². The normalized spacial score (nSPS) is 13.7. The number of urea groups is 1. The van der Waals surface area contributed by atoms with Crippen LogP contribution in [-0.2, 0) is 0 Å². The predicted molar refractivity (Wildman–Crippen MR) is 90.3 cm³/mol. The molecule has 3 rings (SSSR count). The van der Waals surface area contributed by atoms with Crippen molar-refractivity contribution in [3.8, 4) is 0 Å². The second kappa shape index (κ2) is 6.80. The van der Waals surface area contributed by atoms with Crippen LogP contribution >= 0.6 is 11.3 Å². The van der Waals surface area contributed by atoms with Crippen molar-refractivity contribution in [3.05, 3.63) is 52.5 Å². The van der Waals surface area contributed by atoms with Crippen LogP contribution < -0.4 is 10.6 Å². The van der Waals surface area contributed by atoms with Gasteiger partial charge >= 0.3 is 6.03 Å². The molecule has 7 heteroatoms. The second-order valence-electron chi connectivity index (χ2n) is 5.29. The zero-order valence-electron chi connectivity index (χ0n) is 12.6. The molecule has 0 fully saturated rings. The molecule has 2 heterocycles. The monoisotopic (exact) mass is 330 g/mol. The number of rotatable bonds is 5. The molecule has 0 aliphatic heterocycles. The Kier molecular flexibility index (Phi) is 4.59. The van der Waals surface area contributed by atoms with E-state index in [0.717, 1.165) is 16.6 Å². The van der Waals surface area contributed by atoms with Crippen molar-refractivity contribution in [3.63, 3.8) is 0 Å². The van der Waals surface area contributed by atoms with Crippen LogP contribution in [0.25, 0.3) is 11.0 Å². The first-order valence-corrected chi connectivity index (χ1v) is 8.27. The number of nitrogens with one attached hydrogen (secondary N) is 3. The Morgan fingerprint density at radius 3 is 2.96 bits per heavy atom. The number of aromatic nitrogens is 2. The quantitative estimate of drug-likeness (QED) is 0.580. The van der Waals surface area contributed by atoms with Gasteiger partial charge in [-0.25, -0.2) is 9.78 Å². The Bertz CT molecular complexity index is 751. The highest BCUT2D eigenvalue weighted by molar-refractivity contribution is 7.07. The molecule has 0 saturated heterocycles. The molecule has 3 aromatic rings. The van der Waals surface area contributed by atoms with Gasteiger partial charge < -0.3 is 20.7 Å². The van der Waals surface area contributed by atoms with E-state index in [2.05, 4.69) is 20.6 Å². The number of benzene rings is 1. The second-order valence-corrected chi connectivity index (χ2v) is 6.07. The molecule has 4 N–H and O–H groups in total. The minimum atomic E-state index is -0.700. The fourth-order valence-electron chi connectivity index (χ4n) is 2.27. The molecule has 0 aliphatic rings. The summed E-state index contributed by atoms with van der Waals surface area (Å²) < 4.78 is 0. The summed E-state index contributed by atoms with van der Waals surface area (Å²) in [6.45, 7) is 2.02. The van der Waals surface area contributed by atoms with Crippen molar-refractivity contribution in [2.45, 2.75) is 19.1 Å². The standard InChI is InChI=1S/C16H18N4O2S/c1-10(15-19-12-4-2-3-5-13(12)20-15)18-16(22)17-8-14(21)11-6-7-23-9-11/h2-7,9-10,14,21H,8H2,1H3,(H,19,20)(H2,17,18,22). The number of carbonyl (C=O) groups is 1. The van der Waals surface area contributed by atoms with Gasteiger partial charge in [-0.1, -0.05) is 12.1 Å². The van der Waals surface area contributed by atoms with Crippen LogP contribution in [0, 0.1) is 0 Å². The van der Waals surface area contributed by atoms with Crippen LogP contribution in [-0.4, -0.2) is 27.7 Å². The number of para-hydroxylation sites is 2. The highest BCUT2D eigenvalue weighted by Gasteiger charge is 2.15. The molecule has 2 atom stereocenters. The summed E-state index contributed by atoms with van der Waals surface area (Å²) in [5.74, 6) is 0.694. The number of H-pyrrole nitrogens is 1. The average Bonchev–Trinajstić information content (AvgIpc) is 3.21. The van der Waals surface area contributed by atoms with E-state index < -0.39 is 6.10 Å². The van der Waals surface area contributed by atoms with Gasteiger partial charge in [0.2, 0.25) is 0 Å². The molecule has 0 radical (unpaired) electrons. The minimum absolute atomic E-state index is 0.162. The molecule has 0 aliphatic carbocycles. The number of aromatic amines is 1. The van der Waals surface area contributed by atoms with E-state index in [4.69, 9.17) is 0 Å². The van der Waals surface area contributed by atoms with E-state index >= 15 is 0 Å². The van der Waals surface area contributed by atoms with Crippen LogP contribution in [0.15, 0.2) is 41.1 Å². The molecule has 6 nitrogen and oxygen atoms in total. The number of thiophene rings is 1. The molecule has 0 saturated carbocycles. The lowest BCUT2D eigenvalue weighted by Gasteiger charge is -2.14. The Morgan fingerprint density at radius 1 is 1.39 bits per heavy atom. The van der Waals surface area contributed by atoms with E-state index in [1.807, 2.05) is 48.0 Å². The molecular formula is C16H18N4O2S. The maximum atomic E-state index is 11.9. The van der Waals surface area contributed by atoms with Gasteiger partial charge in [-0.05, 0) is 41.4 Å². The van der Waals surface area contributed by atoms with E-state index in [1.165, 1.54) is 11.3 Å². The lowest BCUT2D eigenvalue weighted by Crippen LogP contribution is -2.39. The molecule has 0 spiro atoms. The van der Waals surface area contributed by atoms with Gasteiger partial charge in [-0.15, -0.1) is 0 Å². The minimum Gasteiger partial charge on any atom is -0.387 e. The number of hydrogen-bond acceptors (Lipinski definition) is 4. The lowest BCUT2D eigenvalue weighted by molar-refractivity contribution is 0.173. The Hall–Kier alpha value is -2.38. The molecule has 1 aromatic carbocycles. The van der Waals surface area contributed by atoms with Crippen molar-refractivity contribution in [1.82, 2.24) is 20.6 Å². The smallest absolute Gasteiger partial charge is 0.315 e. The number of imidazole rings is 1. The summed E-state index contributed by atoms with van der Waals surface area (Å²) in [5, 5.41) is 19.2. The van der Waals surface area contributed by atoms with Gasteiger partial charge in [0, 0.05) is 6.54 Å². The number of nitrogens with zero attached hydrogens (tertiary/aromatic N) is 1. The molecule has 120 valence electrons. The van der Waals surface area contributed by atoms with Crippen molar-refractivity contribution in [2.24, 2.45) is 0 Å². The van der Waals surface area contributed by atoms with Gasteiger partial charge in [0.05, 0.1) is 23.2 Å². The Labute approximate surface area is 137 Å². The van der Waals surface area contributed by atoms with Gasteiger partial charge in [0.15, 0.2) is 0 Å². The summed E-state index contributed by atoms with van der Waals surface area (Å²) in [6, 6.07) is 8.94. The maximum absolute atomic E-state index is 11.9. The number of hydrogen-bond donors (Lipinski definition) is 4. The lowest BCUT2D eigenvalue weighted by atomic mass is 10.2. The third-order valence-electron chi connectivity index (χ3n) is 3.55. The van der Waals surface area contributed by atoms with E-state index in [-0.39, 0.29) is 18.6 Å². The topological polar surface area (TPSA) is 90.0 Å². The highest BCUT2D eigenvalue weighted by atomic mass is 32.1.